The number of nitrogens with zero attached hydrogens (tertiary/aromatic N) is 2. The Kier molecular flexibility index (Phi) is 5.49. The predicted octanol–water partition coefficient (Wildman–Crippen LogP) is 2.57. The van der Waals surface area contributed by atoms with Crippen molar-refractivity contribution in [3.63, 3.8) is 0 Å². The lowest BCUT2D eigenvalue weighted by molar-refractivity contribution is 0.0216. The maximum absolute atomic E-state index is 3.62. The summed E-state index contributed by atoms with van der Waals surface area (Å²) in [6.07, 6.45) is 5.48. The number of hydrogen-bond acceptors (Lipinski definition) is 3. The summed E-state index contributed by atoms with van der Waals surface area (Å²) >= 11 is 0. The number of likely N-dealkylation sites (tertiary alicyclic amines) is 2. The average Bonchev–Trinajstić information content (AvgIpc) is 2.37. The van der Waals surface area contributed by atoms with Gasteiger partial charge in [0.05, 0.1) is 0 Å². The molecule has 3 unspecified atom stereocenters. The molecule has 0 amide bonds. The Morgan fingerprint density at radius 2 is 1.95 bits per heavy atom. The van der Waals surface area contributed by atoms with Crippen LogP contribution in [0.25, 0.3) is 0 Å². The van der Waals surface area contributed by atoms with Gasteiger partial charge in [0.25, 0.3) is 0 Å². The largest absolute Gasteiger partial charge is 0.312 e. The monoisotopic (exact) mass is 281 g/mol. The lowest BCUT2D eigenvalue weighted by Crippen LogP contribution is -2.54. The van der Waals surface area contributed by atoms with Gasteiger partial charge in [0.2, 0.25) is 0 Å². The van der Waals surface area contributed by atoms with E-state index in [1.807, 2.05) is 0 Å². The molecule has 0 radical (unpaired) electrons. The molecule has 3 heteroatoms. The molecule has 3 atom stereocenters. The number of nitrogens with one attached hydrogen (secondary N) is 1. The van der Waals surface area contributed by atoms with Crippen LogP contribution in [-0.2, 0) is 0 Å². The van der Waals surface area contributed by atoms with E-state index in [1.165, 1.54) is 45.3 Å². The van der Waals surface area contributed by atoms with Crippen molar-refractivity contribution in [1.82, 2.24) is 15.1 Å². The summed E-state index contributed by atoms with van der Waals surface area (Å²) in [5.74, 6) is 0.917. The molecule has 2 rings (SSSR count). The second kappa shape index (κ2) is 6.76. The zero-order chi connectivity index (χ0) is 14.8. The molecule has 20 heavy (non-hydrogen) atoms. The van der Waals surface area contributed by atoms with Gasteiger partial charge in [-0.15, -0.1) is 0 Å². The first-order valence-electron chi connectivity index (χ1n) is 8.56. The van der Waals surface area contributed by atoms with Gasteiger partial charge in [0.15, 0.2) is 0 Å². The minimum Gasteiger partial charge on any atom is -0.312 e. The van der Waals surface area contributed by atoms with Crippen LogP contribution in [0.3, 0.4) is 0 Å². The molecule has 0 saturated carbocycles. The van der Waals surface area contributed by atoms with E-state index in [4.69, 9.17) is 0 Å². The molecule has 2 fully saturated rings. The van der Waals surface area contributed by atoms with Crippen molar-refractivity contribution in [2.75, 3.05) is 33.2 Å². The van der Waals surface area contributed by atoms with Crippen LogP contribution in [0.5, 0.6) is 0 Å². The fourth-order valence-corrected chi connectivity index (χ4v) is 3.92. The predicted molar refractivity (Wildman–Crippen MR) is 87.2 cm³/mol. The molecule has 2 heterocycles. The molecule has 0 aromatic rings. The van der Waals surface area contributed by atoms with Crippen LogP contribution in [0.4, 0.5) is 0 Å². The van der Waals surface area contributed by atoms with Crippen LogP contribution in [-0.4, -0.2) is 60.6 Å². The van der Waals surface area contributed by atoms with E-state index in [1.54, 1.807) is 0 Å². The summed E-state index contributed by atoms with van der Waals surface area (Å²) in [5, 5.41) is 3.62. The van der Waals surface area contributed by atoms with Gasteiger partial charge >= 0.3 is 0 Å². The van der Waals surface area contributed by atoms with E-state index >= 15 is 0 Å². The van der Waals surface area contributed by atoms with Crippen LogP contribution >= 0.6 is 0 Å². The molecular formula is C17H35N3. The van der Waals surface area contributed by atoms with Crippen molar-refractivity contribution < 1.29 is 0 Å². The van der Waals surface area contributed by atoms with Gasteiger partial charge in [0.1, 0.15) is 0 Å². The smallest absolute Gasteiger partial charge is 0.0145 e. The maximum Gasteiger partial charge on any atom is 0.0145 e. The Bertz CT molecular complexity index is 297. The van der Waals surface area contributed by atoms with E-state index in [-0.39, 0.29) is 5.54 Å². The number of piperidine rings is 2. The molecule has 0 aliphatic carbocycles. The normalized spacial score (nSPS) is 31.1. The lowest BCUT2D eigenvalue weighted by Gasteiger charge is -2.47. The van der Waals surface area contributed by atoms with Crippen molar-refractivity contribution in [3.8, 4) is 0 Å². The highest BCUT2D eigenvalue weighted by Gasteiger charge is 2.35. The molecule has 0 spiro atoms. The number of fused-ring (bicyclic) bond motifs is 1. The first-order valence-corrected chi connectivity index (χ1v) is 8.56. The fourth-order valence-electron chi connectivity index (χ4n) is 3.92. The van der Waals surface area contributed by atoms with Gasteiger partial charge in [0, 0.05) is 24.2 Å². The average molecular weight is 281 g/mol. The summed E-state index contributed by atoms with van der Waals surface area (Å²) in [4.78, 5) is 5.35. The van der Waals surface area contributed by atoms with Gasteiger partial charge in [-0.2, -0.15) is 0 Å². The fraction of sp³-hybridized carbons (Fsp3) is 1.00. The van der Waals surface area contributed by atoms with E-state index in [2.05, 4.69) is 49.9 Å². The first kappa shape index (κ1) is 16.3. The highest BCUT2D eigenvalue weighted by molar-refractivity contribution is 4.90. The van der Waals surface area contributed by atoms with Crippen molar-refractivity contribution in [2.24, 2.45) is 5.92 Å². The zero-order valence-electron chi connectivity index (χ0n) is 14.3. The summed E-state index contributed by atoms with van der Waals surface area (Å²) < 4.78 is 0. The molecule has 0 bridgehead atoms. The molecule has 3 nitrogen and oxygen atoms in total. The molecule has 2 saturated heterocycles. The third-order valence-corrected chi connectivity index (χ3v) is 5.22. The minimum absolute atomic E-state index is 0.249. The van der Waals surface area contributed by atoms with Gasteiger partial charge < -0.3 is 15.1 Å². The Hall–Kier alpha value is -0.120. The van der Waals surface area contributed by atoms with Gasteiger partial charge in [-0.1, -0.05) is 0 Å². The van der Waals surface area contributed by atoms with E-state index < -0.39 is 0 Å². The van der Waals surface area contributed by atoms with Crippen molar-refractivity contribution in [2.45, 2.75) is 71.0 Å². The standard InChI is InChI=1S/C17H35N3/c1-14(8-10-18-17(2,3)4)20-12-9-16-15(13-20)7-6-11-19(16)5/h14-16,18H,6-13H2,1-5H3. The Labute approximate surface area is 126 Å². The van der Waals surface area contributed by atoms with Gasteiger partial charge in [-0.25, -0.2) is 0 Å². The van der Waals surface area contributed by atoms with E-state index in [0.717, 1.165) is 24.5 Å². The second-order valence-electron chi connectivity index (χ2n) is 8.05. The van der Waals surface area contributed by atoms with Gasteiger partial charge in [-0.3, -0.25) is 0 Å². The SMILES string of the molecule is CC(CCNC(C)(C)C)N1CCC2C(CCCN2C)C1. The second-order valence-corrected chi connectivity index (χ2v) is 8.05. The zero-order valence-corrected chi connectivity index (χ0v) is 14.3. The first-order chi connectivity index (χ1) is 9.37. The molecule has 1 N–H and O–H groups in total. The molecule has 0 aromatic heterocycles. The van der Waals surface area contributed by atoms with Crippen LogP contribution < -0.4 is 5.32 Å². The van der Waals surface area contributed by atoms with Crippen molar-refractivity contribution in [1.29, 1.82) is 0 Å². The van der Waals surface area contributed by atoms with E-state index in [9.17, 15) is 0 Å². The third kappa shape index (κ3) is 4.44. The highest BCUT2D eigenvalue weighted by Crippen LogP contribution is 2.30. The Balaban J connectivity index is 1.76. The molecule has 2 aliphatic heterocycles. The van der Waals surface area contributed by atoms with Crippen LogP contribution in [0, 0.1) is 5.92 Å². The lowest BCUT2D eigenvalue weighted by atomic mass is 9.83. The van der Waals surface area contributed by atoms with E-state index in [0.29, 0.717) is 0 Å². The molecule has 118 valence electrons. The Morgan fingerprint density at radius 1 is 1.20 bits per heavy atom. The Morgan fingerprint density at radius 3 is 2.65 bits per heavy atom. The van der Waals surface area contributed by atoms with Crippen molar-refractivity contribution in [3.05, 3.63) is 0 Å². The molecular weight excluding hydrogens is 246 g/mol. The number of hydrogen-bond donors (Lipinski definition) is 1. The van der Waals surface area contributed by atoms with Crippen LogP contribution in [0.15, 0.2) is 0 Å². The maximum atomic E-state index is 3.62. The summed E-state index contributed by atoms with van der Waals surface area (Å²) in [6, 6.07) is 1.58. The van der Waals surface area contributed by atoms with Crippen LogP contribution in [0.2, 0.25) is 0 Å². The highest BCUT2D eigenvalue weighted by atomic mass is 15.2. The summed E-state index contributed by atoms with van der Waals surface area (Å²) in [7, 11) is 2.32. The molecule has 2 aliphatic rings. The topological polar surface area (TPSA) is 18.5 Å². The van der Waals surface area contributed by atoms with Crippen molar-refractivity contribution >= 4 is 0 Å². The quantitative estimate of drug-likeness (QED) is 0.854. The minimum atomic E-state index is 0.249. The van der Waals surface area contributed by atoms with Gasteiger partial charge in [-0.05, 0) is 86.0 Å². The van der Waals surface area contributed by atoms with Crippen LogP contribution in [0.1, 0.15) is 53.4 Å². The third-order valence-electron chi connectivity index (χ3n) is 5.22. The molecule has 0 aromatic carbocycles. The summed E-state index contributed by atoms with van der Waals surface area (Å²) in [6.45, 7) is 14.2. The summed E-state index contributed by atoms with van der Waals surface area (Å²) in [5.41, 5.74) is 0.249. The number of rotatable bonds is 4.